The smallest absolute Gasteiger partial charge is 0.225 e. The summed E-state index contributed by atoms with van der Waals surface area (Å²) in [5.41, 5.74) is 1.34. The van der Waals surface area contributed by atoms with Gasteiger partial charge in [0.25, 0.3) is 0 Å². The quantitative estimate of drug-likeness (QED) is 0.457. The van der Waals surface area contributed by atoms with E-state index in [9.17, 15) is 20.1 Å². The number of aromatic hydroxyl groups is 3. The third-order valence-corrected chi connectivity index (χ3v) is 6.29. The lowest BCUT2D eigenvalue weighted by atomic mass is 10.1. The third kappa shape index (κ3) is 3.29. The minimum absolute atomic E-state index is 0.225. The molecule has 0 aromatic heterocycles. The van der Waals surface area contributed by atoms with Gasteiger partial charge in [0, 0.05) is 21.8 Å². The first kappa shape index (κ1) is 17.9. The van der Waals surface area contributed by atoms with E-state index in [-0.39, 0.29) is 17.2 Å². The van der Waals surface area contributed by atoms with Crippen LogP contribution >= 0.6 is 43.2 Å². The second-order valence-electron chi connectivity index (χ2n) is 5.26. The van der Waals surface area contributed by atoms with Crippen LogP contribution < -0.4 is 5.43 Å². The van der Waals surface area contributed by atoms with Gasteiger partial charge in [-0.2, -0.15) is 0 Å². The van der Waals surface area contributed by atoms with Crippen LogP contribution in [-0.4, -0.2) is 20.3 Å². The van der Waals surface area contributed by atoms with Crippen LogP contribution in [0.4, 0.5) is 0 Å². The van der Waals surface area contributed by atoms with Crippen molar-refractivity contribution in [3.8, 4) is 27.7 Å². The number of aromatic nitrogens is 1. The summed E-state index contributed by atoms with van der Waals surface area (Å²) in [6.45, 7) is 1.64. The molecule has 1 heterocycles. The zero-order chi connectivity index (χ0) is 18.3. The SMILES string of the molecule is Cc1c(Br)c2cnc(/C=C/c3cc(O)c(O)c(Br)c3)sc-2c(O)c1=O. The Morgan fingerprint density at radius 3 is 2.52 bits per heavy atom. The van der Waals surface area contributed by atoms with Crippen LogP contribution in [0, 0.1) is 6.92 Å². The van der Waals surface area contributed by atoms with Crippen LogP contribution in [0.1, 0.15) is 16.1 Å². The molecule has 0 saturated carbocycles. The molecule has 128 valence electrons. The lowest BCUT2D eigenvalue weighted by molar-refractivity contribution is 0.401. The highest BCUT2D eigenvalue weighted by Gasteiger charge is 2.19. The lowest BCUT2D eigenvalue weighted by Gasteiger charge is -2.11. The molecule has 0 saturated heterocycles. The zero-order valence-corrected chi connectivity index (χ0v) is 16.7. The molecule has 0 fully saturated rings. The maximum atomic E-state index is 12.0. The largest absolute Gasteiger partial charge is 0.504 e. The van der Waals surface area contributed by atoms with Gasteiger partial charge in [0.15, 0.2) is 17.2 Å². The molecular weight excluding hydrogens is 474 g/mol. The average Bonchev–Trinajstić information content (AvgIpc) is 2.60. The molecule has 1 aliphatic heterocycles. The number of fused-ring (bicyclic) bond motifs is 1. The first-order valence-electron chi connectivity index (χ1n) is 7.00. The Kier molecular flexibility index (Phi) is 4.86. The normalized spacial score (nSPS) is 11.5. The molecule has 2 aliphatic rings. The fourth-order valence-corrected chi connectivity index (χ4v) is 4.22. The van der Waals surface area contributed by atoms with Crippen molar-refractivity contribution in [3.63, 3.8) is 0 Å². The summed E-state index contributed by atoms with van der Waals surface area (Å²) in [5, 5.41) is 29.9. The van der Waals surface area contributed by atoms with E-state index in [0.29, 0.717) is 35.5 Å². The first-order chi connectivity index (χ1) is 11.8. The van der Waals surface area contributed by atoms with E-state index >= 15 is 0 Å². The maximum absolute atomic E-state index is 12.0. The zero-order valence-electron chi connectivity index (χ0n) is 12.7. The summed E-state index contributed by atoms with van der Waals surface area (Å²) in [6.07, 6.45) is 4.99. The van der Waals surface area contributed by atoms with Crippen LogP contribution in [0.25, 0.3) is 22.6 Å². The summed E-state index contributed by atoms with van der Waals surface area (Å²) < 4.78 is 0.993. The van der Waals surface area contributed by atoms with Crippen LogP contribution in [0.2, 0.25) is 0 Å². The highest BCUT2D eigenvalue weighted by molar-refractivity contribution is 9.11. The molecule has 1 aromatic carbocycles. The number of hydrogen-bond donors (Lipinski definition) is 3. The Morgan fingerprint density at radius 1 is 1.12 bits per heavy atom. The molecule has 3 N–H and O–H groups in total. The number of phenolic OH excluding ortho intramolecular Hbond substituents is 3. The van der Waals surface area contributed by atoms with Crippen LogP contribution in [0.3, 0.4) is 0 Å². The van der Waals surface area contributed by atoms with Gasteiger partial charge in [-0.25, -0.2) is 4.98 Å². The van der Waals surface area contributed by atoms with Gasteiger partial charge in [0.1, 0.15) is 5.01 Å². The van der Waals surface area contributed by atoms with E-state index in [1.165, 1.54) is 17.4 Å². The van der Waals surface area contributed by atoms with E-state index in [2.05, 4.69) is 36.8 Å². The Bertz CT molecular complexity index is 1020. The van der Waals surface area contributed by atoms with Crippen LogP contribution in [-0.2, 0) is 0 Å². The van der Waals surface area contributed by atoms with Crippen LogP contribution in [0.5, 0.6) is 17.2 Å². The predicted octanol–water partition coefficient (Wildman–Crippen LogP) is 4.73. The van der Waals surface area contributed by atoms with Crippen molar-refractivity contribution >= 4 is 55.3 Å². The maximum Gasteiger partial charge on any atom is 0.225 e. The number of nitrogens with zero attached hydrogens (tertiary/aromatic N) is 1. The Balaban J connectivity index is 2.06. The molecule has 0 atom stereocenters. The first-order valence-corrected chi connectivity index (χ1v) is 9.40. The Morgan fingerprint density at radius 2 is 1.84 bits per heavy atom. The number of phenols is 3. The minimum Gasteiger partial charge on any atom is -0.504 e. The monoisotopic (exact) mass is 483 g/mol. The number of rotatable bonds is 2. The molecule has 25 heavy (non-hydrogen) atoms. The molecule has 0 unspecified atom stereocenters. The summed E-state index contributed by atoms with van der Waals surface area (Å²) in [7, 11) is 0. The molecule has 5 nitrogen and oxygen atoms in total. The fourth-order valence-electron chi connectivity index (χ4n) is 2.23. The van der Waals surface area contributed by atoms with Crippen LogP contribution in [0.15, 0.2) is 32.1 Å². The van der Waals surface area contributed by atoms with Gasteiger partial charge < -0.3 is 15.3 Å². The molecule has 8 heteroatoms. The summed E-state index contributed by atoms with van der Waals surface area (Å²) in [6, 6.07) is 3.06. The number of benzene rings is 2. The predicted molar refractivity (Wildman–Crippen MR) is 106 cm³/mol. The van der Waals surface area contributed by atoms with Gasteiger partial charge in [-0.3, -0.25) is 4.79 Å². The van der Waals surface area contributed by atoms with E-state index in [1.54, 1.807) is 31.3 Å². The van der Waals surface area contributed by atoms with Gasteiger partial charge in [0.2, 0.25) is 5.43 Å². The van der Waals surface area contributed by atoms with E-state index in [4.69, 9.17) is 0 Å². The molecule has 0 amide bonds. The molecule has 3 rings (SSSR count). The van der Waals surface area contributed by atoms with Gasteiger partial charge in [-0.05, 0) is 62.6 Å². The van der Waals surface area contributed by atoms with Gasteiger partial charge >= 0.3 is 0 Å². The lowest BCUT2D eigenvalue weighted by Crippen LogP contribution is -2.07. The number of halogens is 2. The van der Waals surface area contributed by atoms with Gasteiger partial charge in [-0.1, -0.05) is 6.08 Å². The molecular formula is C17H11Br2NO4S. The van der Waals surface area contributed by atoms with E-state index < -0.39 is 5.43 Å². The Labute approximate surface area is 163 Å². The minimum atomic E-state index is -0.413. The molecule has 1 aromatic rings. The van der Waals surface area contributed by atoms with Crippen molar-refractivity contribution < 1.29 is 15.3 Å². The van der Waals surface area contributed by atoms with E-state index in [1.807, 2.05) is 0 Å². The van der Waals surface area contributed by atoms with Crippen molar-refractivity contribution in [3.05, 3.63) is 53.6 Å². The Hall–Kier alpha value is -1.90. The third-order valence-electron chi connectivity index (χ3n) is 3.59. The average molecular weight is 485 g/mol. The molecule has 0 radical (unpaired) electrons. The van der Waals surface area contributed by atoms with Gasteiger partial charge in [-0.15, -0.1) is 11.3 Å². The second kappa shape index (κ2) is 6.78. The summed E-state index contributed by atoms with van der Waals surface area (Å²) >= 11 is 7.71. The molecule has 1 aliphatic carbocycles. The topological polar surface area (TPSA) is 90.7 Å². The van der Waals surface area contributed by atoms with E-state index in [0.717, 1.165) is 0 Å². The summed E-state index contributed by atoms with van der Waals surface area (Å²) in [4.78, 5) is 16.8. The van der Waals surface area contributed by atoms with Gasteiger partial charge in [0.05, 0.1) is 9.35 Å². The van der Waals surface area contributed by atoms with Crippen molar-refractivity contribution in [1.29, 1.82) is 0 Å². The van der Waals surface area contributed by atoms with Crippen molar-refractivity contribution in [1.82, 2.24) is 4.98 Å². The van der Waals surface area contributed by atoms with Crippen molar-refractivity contribution in [2.24, 2.45) is 0 Å². The fraction of sp³-hybridized carbons (Fsp3) is 0.0588. The highest BCUT2D eigenvalue weighted by Crippen LogP contribution is 2.40. The standard InChI is InChI=1S/C17H11Br2NO4S/c1-7-13(19)9-6-20-12(25-17(9)16(24)14(7)22)3-2-8-4-10(18)15(23)11(21)5-8/h2-6,21,23-24H,1H3/b3-2+. The highest BCUT2D eigenvalue weighted by atomic mass is 79.9. The molecule has 0 bridgehead atoms. The molecule has 0 spiro atoms. The van der Waals surface area contributed by atoms with Crippen molar-refractivity contribution in [2.75, 3.05) is 0 Å². The van der Waals surface area contributed by atoms with Crippen molar-refractivity contribution in [2.45, 2.75) is 6.92 Å². The second-order valence-corrected chi connectivity index (χ2v) is 7.94. The number of hydrogen-bond acceptors (Lipinski definition) is 6. The summed E-state index contributed by atoms with van der Waals surface area (Å²) in [5.74, 6) is -0.753.